The van der Waals surface area contributed by atoms with Crippen molar-refractivity contribution >= 4 is 11.9 Å². The number of carbonyl (C=O) groups excluding carboxylic acids is 1. The summed E-state index contributed by atoms with van der Waals surface area (Å²) in [6, 6.07) is 8.38. The molecule has 1 aliphatic rings. The number of nitrogens with one attached hydrogen (secondary N) is 2. The molecule has 0 aromatic heterocycles. The van der Waals surface area contributed by atoms with Crippen LogP contribution in [0.5, 0.6) is 0 Å². The highest BCUT2D eigenvalue weighted by Crippen LogP contribution is 2.25. The molecule has 20 heavy (non-hydrogen) atoms. The van der Waals surface area contributed by atoms with Gasteiger partial charge in [-0.3, -0.25) is 15.1 Å². The molecule has 1 amide bonds. The maximum atomic E-state index is 12.2. The normalized spacial score (nSPS) is 24.1. The third-order valence-electron chi connectivity index (χ3n) is 3.51. The van der Waals surface area contributed by atoms with E-state index in [-0.39, 0.29) is 11.9 Å². The molecule has 1 aromatic carbocycles. The molecule has 0 spiro atoms. The zero-order valence-electron chi connectivity index (χ0n) is 12.7. The smallest absolute Gasteiger partial charge is 0.256 e. The van der Waals surface area contributed by atoms with E-state index in [4.69, 9.17) is 0 Å². The first-order valence-corrected chi connectivity index (χ1v) is 7.22. The molecule has 0 aliphatic carbocycles. The second-order valence-electron chi connectivity index (χ2n) is 5.72. The highest BCUT2D eigenvalue weighted by Gasteiger charge is 2.42. The van der Waals surface area contributed by atoms with Crippen LogP contribution in [0.25, 0.3) is 0 Å². The van der Waals surface area contributed by atoms with Gasteiger partial charge in [-0.2, -0.15) is 0 Å². The minimum absolute atomic E-state index is 0.0554. The van der Waals surface area contributed by atoms with Crippen molar-refractivity contribution in [2.24, 2.45) is 4.99 Å². The molecule has 1 aliphatic heterocycles. The number of rotatable bonds is 4. The standard InChI is InChI=1S/C16H23N3O/c1-5-6-12-7-9-13(10-8-12)16(4)14(20)18-15(19-16)17-11(2)3/h7-11H,5-6H2,1-4H3,(H2,17,18,19,20). The van der Waals surface area contributed by atoms with Gasteiger partial charge in [-0.05, 0) is 38.3 Å². The van der Waals surface area contributed by atoms with Crippen LogP contribution >= 0.6 is 0 Å². The Balaban J connectivity index is 2.24. The van der Waals surface area contributed by atoms with Crippen LogP contribution in [0.2, 0.25) is 0 Å². The van der Waals surface area contributed by atoms with Crippen LogP contribution in [0, 0.1) is 0 Å². The van der Waals surface area contributed by atoms with Crippen molar-refractivity contribution in [2.75, 3.05) is 0 Å². The lowest BCUT2D eigenvalue weighted by molar-refractivity contribution is -0.123. The molecule has 2 N–H and O–H groups in total. The number of nitrogens with zero attached hydrogens (tertiary/aromatic N) is 1. The first-order chi connectivity index (χ1) is 9.45. The molecule has 1 fully saturated rings. The summed E-state index contributed by atoms with van der Waals surface area (Å²) in [5, 5.41) is 6.02. The SMILES string of the molecule is CCCc1ccc(C2(C)NC(=NC(C)C)NC2=O)cc1. The molecule has 1 heterocycles. The minimum atomic E-state index is -0.738. The number of amides is 1. The van der Waals surface area contributed by atoms with Gasteiger partial charge in [0.15, 0.2) is 5.96 Å². The largest absolute Gasteiger partial charge is 0.338 e. The molecule has 0 saturated carbocycles. The second-order valence-corrected chi connectivity index (χ2v) is 5.72. The quantitative estimate of drug-likeness (QED) is 0.884. The van der Waals surface area contributed by atoms with Gasteiger partial charge in [0, 0.05) is 6.04 Å². The molecule has 4 heteroatoms. The van der Waals surface area contributed by atoms with E-state index in [0.717, 1.165) is 18.4 Å². The summed E-state index contributed by atoms with van der Waals surface area (Å²) in [6.45, 7) is 8.02. The lowest BCUT2D eigenvalue weighted by atomic mass is 9.91. The molecule has 108 valence electrons. The number of guanidine groups is 1. The van der Waals surface area contributed by atoms with Crippen molar-refractivity contribution in [1.29, 1.82) is 0 Å². The topological polar surface area (TPSA) is 53.5 Å². The van der Waals surface area contributed by atoms with Crippen LogP contribution in [-0.2, 0) is 16.8 Å². The Hall–Kier alpha value is -1.84. The van der Waals surface area contributed by atoms with Crippen LogP contribution in [-0.4, -0.2) is 17.9 Å². The highest BCUT2D eigenvalue weighted by atomic mass is 16.2. The van der Waals surface area contributed by atoms with E-state index < -0.39 is 5.54 Å². The summed E-state index contributed by atoms with van der Waals surface area (Å²) in [5.74, 6) is 0.505. The van der Waals surface area contributed by atoms with Crippen molar-refractivity contribution in [2.45, 2.75) is 52.1 Å². The lowest BCUT2D eigenvalue weighted by Gasteiger charge is -2.22. The summed E-state index contributed by atoms with van der Waals surface area (Å²) >= 11 is 0. The van der Waals surface area contributed by atoms with Crippen molar-refractivity contribution in [3.05, 3.63) is 35.4 Å². The number of aliphatic imine (C=N–C) groups is 1. The van der Waals surface area contributed by atoms with Gasteiger partial charge in [0.25, 0.3) is 5.91 Å². The van der Waals surface area contributed by atoms with E-state index in [1.165, 1.54) is 5.56 Å². The predicted molar refractivity (Wildman–Crippen MR) is 81.6 cm³/mol. The van der Waals surface area contributed by atoms with Gasteiger partial charge in [-0.1, -0.05) is 37.6 Å². The molecule has 1 saturated heterocycles. The van der Waals surface area contributed by atoms with Crippen LogP contribution in [0.3, 0.4) is 0 Å². The van der Waals surface area contributed by atoms with Gasteiger partial charge in [0.2, 0.25) is 0 Å². The van der Waals surface area contributed by atoms with Gasteiger partial charge in [-0.25, -0.2) is 0 Å². The van der Waals surface area contributed by atoms with Crippen LogP contribution in [0.4, 0.5) is 0 Å². The average molecular weight is 273 g/mol. The number of hydrogen-bond donors (Lipinski definition) is 2. The predicted octanol–water partition coefficient (Wildman–Crippen LogP) is 2.34. The maximum absolute atomic E-state index is 12.2. The Morgan fingerprint density at radius 1 is 1.25 bits per heavy atom. The summed E-state index contributed by atoms with van der Waals surface area (Å²) in [5.41, 5.74) is 1.52. The minimum Gasteiger partial charge on any atom is -0.338 e. The van der Waals surface area contributed by atoms with E-state index in [9.17, 15) is 4.79 Å². The fourth-order valence-electron chi connectivity index (χ4n) is 2.38. The number of hydrogen-bond acceptors (Lipinski definition) is 2. The molecule has 1 unspecified atom stereocenters. The Morgan fingerprint density at radius 2 is 1.90 bits per heavy atom. The zero-order valence-corrected chi connectivity index (χ0v) is 12.7. The third kappa shape index (κ3) is 2.84. The fourth-order valence-corrected chi connectivity index (χ4v) is 2.38. The van der Waals surface area contributed by atoms with Gasteiger partial charge >= 0.3 is 0 Å². The van der Waals surface area contributed by atoms with Crippen LogP contribution in [0.15, 0.2) is 29.3 Å². The maximum Gasteiger partial charge on any atom is 0.256 e. The van der Waals surface area contributed by atoms with Crippen LogP contribution in [0.1, 0.15) is 45.2 Å². The van der Waals surface area contributed by atoms with Gasteiger partial charge < -0.3 is 5.32 Å². The Morgan fingerprint density at radius 3 is 2.45 bits per heavy atom. The Kier molecular flexibility index (Phi) is 4.12. The molecule has 1 aromatic rings. The number of aryl methyl sites for hydroxylation is 1. The first-order valence-electron chi connectivity index (χ1n) is 7.22. The molecule has 0 bridgehead atoms. The van der Waals surface area contributed by atoms with Crippen LogP contribution < -0.4 is 10.6 Å². The van der Waals surface area contributed by atoms with Crippen molar-refractivity contribution < 1.29 is 4.79 Å². The summed E-state index contributed by atoms with van der Waals surface area (Å²) in [6.07, 6.45) is 2.19. The van der Waals surface area contributed by atoms with E-state index in [1.807, 2.05) is 32.9 Å². The molecule has 4 nitrogen and oxygen atoms in total. The Bertz CT molecular complexity index is 519. The van der Waals surface area contributed by atoms with E-state index in [0.29, 0.717) is 5.96 Å². The first kappa shape index (κ1) is 14.6. The van der Waals surface area contributed by atoms with E-state index in [1.54, 1.807) is 0 Å². The summed E-state index contributed by atoms with van der Waals surface area (Å²) in [7, 11) is 0. The van der Waals surface area contributed by atoms with Crippen molar-refractivity contribution in [3.63, 3.8) is 0 Å². The average Bonchev–Trinajstić information content (AvgIpc) is 2.66. The molecule has 0 radical (unpaired) electrons. The summed E-state index contributed by atoms with van der Waals surface area (Å²) in [4.78, 5) is 16.6. The van der Waals surface area contributed by atoms with Gasteiger partial charge in [0.05, 0.1) is 0 Å². The molecular formula is C16H23N3O. The highest BCUT2D eigenvalue weighted by molar-refractivity contribution is 6.09. The third-order valence-corrected chi connectivity index (χ3v) is 3.51. The fraction of sp³-hybridized carbons (Fsp3) is 0.500. The number of carbonyl (C=O) groups is 1. The lowest BCUT2D eigenvalue weighted by Crippen LogP contribution is -2.40. The second kappa shape index (κ2) is 5.65. The summed E-state index contributed by atoms with van der Waals surface area (Å²) < 4.78 is 0. The van der Waals surface area contributed by atoms with Gasteiger partial charge in [-0.15, -0.1) is 0 Å². The van der Waals surface area contributed by atoms with E-state index >= 15 is 0 Å². The zero-order chi connectivity index (χ0) is 14.8. The number of benzene rings is 1. The monoisotopic (exact) mass is 273 g/mol. The van der Waals surface area contributed by atoms with Crippen molar-refractivity contribution in [3.8, 4) is 0 Å². The molecule has 1 atom stereocenters. The van der Waals surface area contributed by atoms with Gasteiger partial charge in [0.1, 0.15) is 5.54 Å². The van der Waals surface area contributed by atoms with Crippen molar-refractivity contribution in [1.82, 2.24) is 10.6 Å². The molecule has 2 rings (SSSR count). The molecular weight excluding hydrogens is 250 g/mol. The van der Waals surface area contributed by atoms with E-state index in [2.05, 4.69) is 34.7 Å². The Labute approximate surface area is 120 Å².